The van der Waals surface area contributed by atoms with E-state index in [2.05, 4.69) is 6.58 Å². The van der Waals surface area contributed by atoms with Gasteiger partial charge in [0.15, 0.2) is 0 Å². The van der Waals surface area contributed by atoms with Crippen LogP contribution < -0.4 is 4.74 Å². The van der Waals surface area contributed by atoms with E-state index in [0.717, 1.165) is 0 Å². The number of esters is 1. The predicted octanol–water partition coefficient (Wildman–Crippen LogP) is 2.49. The predicted molar refractivity (Wildman–Crippen MR) is 70.7 cm³/mol. The largest absolute Gasteiger partial charge is 0.423 e. The third-order valence-corrected chi connectivity index (χ3v) is 2.29. The van der Waals surface area contributed by atoms with Crippen LogP contribution in [0.4, 0.5) is 0 Å². The quantitative estimate of drug-likeness (QED) is 0.361. The summed E-state index contributed by atoms with van der Waals surface area (Å²) in [6.45, 7) is 4.99. The summed E-state index contributed by atoms with van der Waals surface area (Å²) >= 11 is 0. The Kier molecular flexibility index (Phi) is 4.81. The molecule has 1 rings (SSSR count). The van der Waals surface area contributed by atoms with Gasteiger partial charge in [0.05, 0.1) is 5.57 Å². The average Bonchev–Trinajstić information content (AvgIpc) is 2.45. The SMILES string of the molecule is C=C(C)C(=O)Oc1ccc(C(C#N)=C(C#N)C#N)cc1. The molecule has 0 bridgehead atoms. The second-order valence-electron chi connectivity index (χ2n) is 3.78. The lowest BCUT2D eigenvalue weighted by molar-refractivity contribution is -0.130. The van der Waals surface area contributed by atoms with Crippen LogP contribution in [0, 0.1) is 34.0 Å². The third-order valence-electron chi connectivity index (χ3n) is 2.29. The Morgan fingerprint density at radius 3 is 2.05 bits per heavy atom. The van der Waals surface area contributed by atoms with Gasteiger partial charge in [-0.2, -0.15) is 15.8 Å². The van der Waals surface area contributed by atoms with Crippen molar-refractivity contribution in [3.63, 3.8) is 0 Å². The molecule has 1 aromatic rings. The zero-order valence-electron chi connectivity index (χ0n) is 10.7. The first-order valence-electron chi connectivity index (χ1n) is 5.46. The Hall–Kier alpha value is -3.36. The van der Waals surface area contributed by atoms with Crippen LogP contribution in [-0.2, 0) is 4.79 Å². The van der Waals surface area contributed by atoms with Crippen LogP contribution >= 0.6 is 0 Å². The molecule has 0 radical (unpaired) electrons. The lowest BCUT2D eigenvalue weighted by Crippen LogP contribution is -2.07. The third kappa shape index (κ3) is 3.32. The van der Waals surface area contributed by atoms with Crippen molar-refractivity contribution in [2.24, 2.45) is 0 Å². The molecule has 96 valence electrons. The second-order valence-corrected chi connectivity index (χ2v) is 3.78. The minimum Gasteiger partial charge on any atom is -0.423 e. The summed E-state index contributed by atoms with van der Waals surface area (Å²) in [6.07, 6.45) is 0. The average molecular weight is 263 g/mol. The maximum Gasteiger partial charge on any atom is 0.338 e. The van der Waals surface area contributed by atoms with Crippen molar-refractivity contribution in [2.45, 2.75) is 6.92 Å². The van der Waals surface area contributed by atoms with Crippen molar-refractivity contribution in [3.05, 3.63) is 47.6 Å². The molecule has 0 aromatic heterocycles. The van der Waals surface area contributed by atoms with Crippen molar-refractivity contribution < 1.29 is 9.53 Å². The number of nitriles is 3. The van der Waals surface area contributed by atoms with E-state index in [1.54, 1.807) is 12.1 Å². The smallest absolute Gasteiger partial charge is 0.338 e. The summed E-state index contributed by atoms with van der Waals surface area (Å²) in [4.78, 5) is 11.3. The molecular weight excluding hydrogens is 254 g/mol. The molecule has 5 nitrogen and oxygen atoms in total. The number of nitrogens with zero attached hydrogens (tertiary/aromatic N) is 3. The Morgan fingerprint density at radius 2 is 1.65 bits per heavy atom. The van der Waals surface area contributed by atoms with Gasteiger partial charge in [0.1, 0.15) is 29.5 Å². The molecule has 0 aliphatic heterocycles. The van der Waals surface area contributed by atoms with Crippen LogP contribution in [0.2, 0.25) is 0 Å². The minimum atomic E-state index is -0.552. The van der Waals surface area contributed by atoms with E-state index in [9.17, 15) is 4.79 Å². The first-order valence-corrected chi connectivity index (χ1v) is 5.46. The number of allylic oxidation sites excluding steroid dienone is 2. The van der Waals surface area contributed by atoms with Gasteiger partial charge in [0.2, 0.25) is 0 Å². The fourth-order valence-electron chi connectivity index (χ4n) is 1.29. The van der Waals surface area contributed by atoms with Gasteiger partial charge >= 0.3 is 5.97 Å². The molecule has 20 heavy (non-hydrogen) atoms. The van der Waals surface area contributed by atoms with E-state index >= 15 is 0 Å². The highest BCUT2D eigenvalue weighted by Crippen LogP contribution is 2.21. The molecule has 1 aromatic carbocycles. The van der Waals surface area contributed by atoms with Crippen molar-refractivity contribution in [1.82, 2.24) is 0 Å². The number of carbonyl (C=O) groups excluding carboxylic acids is 1. The summed E-state index contributed by atoms with van der Waals surface area (Å²) in [6, 6.07) is 11.1. The molecule has 0 aliphatic carbocycles. The number of hydrogen-bond acceptors (Lipinski definition) is 5. The summed E-state index contributed by atoms with van der Waals surface area (Å²) < 4.78 is 4.99. The number of hydrogen-bond donors (Lipinski definition) is 0. The molecule has 0 N–H and O–H groups in total. The van der Waals surface area contributed by atoms with E-state index in [-0.39, 0.29) is 22.5 Å². The number of ether oxygens (including phenoxy) is 1. The molecule has 0 fully saturated rings. The van der Waals surface area contributed by atoms with Crippen molar-refractivity contribution in [2.75, 3.05) is 0 Å². The van der Waals surface area contributed by atoms with Crippen LogP contribution in [0.15, 0.2) is 42.0 Å². The van der Waals surface area contributed by atoms with Crippen molar-refractivity contribution in [1.29, 1.82) is 15.8 Å². The maximum absolute atomic E-state index is 11.3. The van der Waals surface area contributed by atoms with E-state index in [0.29, 0.717) is 5.56 Å². The van der Waals surface area contributed by atoms with E-state index in [1.807, 2.05) is 6.07 Å². The van der Waals surface area contributed by atoms with Gasteiger partial charge in [-0.1, -0.05) is 6.58 Å². The highest BCUT2D eigenvalue weighted by atomic mass is 16.5. The zero-order chi connectivity index (χ0) is 15.1. The van der Waals surface area contributed by atoms with E-state index in [1.165, 1.54) is 31.2 Å². The van der Waals surface area contributed by atoms with Gasteiger partial charge in [0.25, 0.3) is 0 Å². The van der Waals surface area contributed by atoms with Gasteiger partial charge < -0.3 is 4.74 Å². The fraction of sp³-hybridized carbons (Fsp3) is 0.0667. The second kappa shape index (κ2) is 6.54. The molecule has 0 heterocycles. The first kappa shape index (κ1) is 14.7. The Balaban J connectivity index is 3.10. The van der Waals surface area contributed by atoms with Gasteiger partial charge in [-0.25, -0.2) is 4.79 Å². The molecule has 0 saturated heterocycles. The van der Waals surface area contributed by atoms with Crippen LogP contribution in [0.5, 0.6) is 5.75 Å². The monoisotopic (exact) mass is 263 g/mol. The van der Waals surface area contributed by atoms with E-state index in [4.69, 9.17) is 20.5 Å². The van der Waals surface area contributed by atoms with Crippen LogP contribution in [-0.4, -0.2) is 5.97 Å². The molecular formula is C15H9N3O2. The number of rotatable bonds is 3. The van der Waals surface area contributed by atoms with E-state index < -0.39 is 5.97 Å². The number of carbonyl (C=O) groups is 1. The molecule has 0 amide bonds. The number of benzene rings is 1. The Labute approximate surface area is 116 Å². The van der Waals surface area contributed by atoms with Crippen LogP contribution in [0.25, 0.3) is 5.57 Å². The molecule has 5 heteroatoms. The standard InChI is InChI=1S/C15H9N3O2/c1-10(2)15(19)20-13-5-3-11(4-6-13)14(9-18)12(7-16)8-17/h3-6H,1H2,2H3. The van der Waals surface area contributed by atoms with Crippen LogP contribution in [0.1, 0.15) is 12.5 Å². The molecule has 0 aliphatic rings. The lowest BCUT2D eigenvalue weighted by atomic mass is 10.0. The summed E-state index contributed by atoms with van der Waals surface area (Å²) in [5, 5.41) is 26.5. The molecule has 0 saturated carbocycles. The minimum absolute atomic E-state index is 0.0206. The zero-order valence-corrected chi connectivity index (χ0v) is 10.7. The molecule has 0 unspecified atom stereocenters. The first-order chi connectivity index (χ1) is 9.53. The van der Waals surface area contributed by atoms with Crippen LogP contribution in [0.3, 0.4) is 0 Å². The topological polar surface area (TPSA) is 97.7 Å². The summed E-state index contributed by atoms with van der Waals surface area (Å²) in [5.74, 6) is -0.266. The van der Waals surface area contributed by atoms with Crippen molar-refractivity contribution >= 4 is 11.5 Å². The summed E-state index contributed by atoms with van der Waals surface area (Å²) in [7, 11) is 0. The Bertz CT molecular complexity index is 691. The highest BCUT2D eigenvalue weighted by molar-refractivity contribution is 5.89. The fourth-order valence-corrected chi connectivity index (χ4v) is 1.29. The highest BCUT2D eigenvalue weighted by Gasteiger charge is 2.10. The van der Waals surface area contributed by atoms with Crippen molar-refractivity contribution in [3.8, 4) is 24.0 Å². The Morgan fingerprint density at radius 1 is 1.10 bits per heavy atom. The summed E-state index contributed by atoms with van der Waals surface area (Å²) in [5.41, 5.74) is 0.385. The van der Waals surface area contributed by atoms with Gasteiger partial charge in [0, 0.05) is 5.57 Å². The molecule has 0 atom stereocenters. The maximum atomic E-state index is 11.3. The van der Waals surface area contributed by atoms with Gasteiger partial charge in [-0.3, -0.25) is 0 Å². The van der Waals surface area contributed by atoms with Gasteiger partial charge in [-0.15, -0.1) is 0 Å². The van der Waals surface area contributed by atoms with Gasteiger partial charge in [-0.05, 0) is 36.8 Å². The molecule has 0 spiro atoms. The normalized spacial score (nSPS) is 8.50. The lowest BCUT2D eigenvalue weighted by Gasteiger charge is -2.04.